The Morgan fingerprint density at radius 1 is 0.941 bits per heavy atom. The molecule has 2 N–H and O–H groups in total. The Morgan fingerprint density at radius 3 is 2.59 bits per heavy atom. The molecule has 0 unspecified atom stereocenters. The van der Waals surface area contributed by atoms with E-state index in [0.717, 1.165) is 31.7 Å². The summed E-state index contributed by atoms with van der Waals surface area (Å²) in [4.78, 5) is 14.8. The third-order valence-corrected chi connectivity index (χ3v) is 6.08. The molecule has 3 aromatic carbocycles. The van der Waals surface area contributed by atoms with E-state index >= 15 is 0 Å². The maximum absolute atomic E-state index is 14.7. The summed E-state index contributed by atoms with van der Waals surface area (Å²) in [5, 5.41) is 6.13. The van der Waals surface area contributed by atoms with Crippen molar-refractivity contribution in [2.24, 2.45) is 0 Å². The van der Waals surface area contributed by atoms with Crippen molar-refractivity contribution in [1.82, 2.24) is 15.5 Å². The Labute approximate surface area is 196 Å². The van der Waals surface area contributed by atoms with E-state index in [-0.39, 0.29) is 25.1 Å². The molecule has 8 heteroatoms. The van der Waals surface area contributed by atoms with Crippen LogP contribution in [-0.4, -0.2) is 43.8 Å². The van der Waals surface area contributed by atoms with Gasteiger partial charge in [-0.2, -0.15) is 0 Å². The van der Waals surface area contributed by atoms with Crippen LogP contribution in [0.5, 0.6) is 11.5 Å². The molecule has 6 nitrogen and oxygen atoms in total. The summed E-state index contributed by atoms with van der Waals surface area (Å²) in [5.41, 5.74) is 2.70. The SMILES string of the molecule is O=C(NCc1ccc(F)c(-c2ccc(F)c(CN3CCNCC3)c2)c1)c1ccc2c(c1)OCO2. The van der Waals surface area contributed by atoms with Crippen molar-refractivity contribution < 1.29 is 23.0 Å². The van der Waals surface area contributed by atoms with Gasteiger partial charge in [0, 0.05) is 56.0 Å². The number of ether oxygens (including phenoxy) is 2. The van der Waals surface area contributed by atoms with Gasteiger partial charge in [0.25, 0.3) is 5.91 Å². The van der Waals surface area contributed by atoms with Gasteiger partial charge < -0.3 is 20.1 Å². The molecule has 176 valence electrons. The first-order valence-corrected chi connectivity index (χ1v) is 11.2. The van der Waals surface area contributed by atoms with Crippen LogP contribution in [0.2, 0.25) is 0 Å². The molecule has 0 bridgehead atoms. The molecule has 5 rings (SSSR count). The fourth-order valence-corrected chi connectivity index (χ4v) is 4.20. The second kappa shape index (κ2) is 9.79. The molecular formula is C26H25F2N3O3. The van der Waals surface area contributed by atoms with E-state index in [1.165, 1.54) is 12.1 Å². The number of benzene rings is 3. The molecule has 1 saturated heterocycles. The number of fused-ring (bicyclic) bond motifs is 1. The molecule has 0 aliphatic carbocycles. The van der Waals surface area contributed by atoms with E-state index in [1.807, 2.05) is 0 Å². The second-order valence-electron chi connectivity index (χ2n) is 8.40. The number of nitrogens with one attached hydrogen (secondary N) is 2. The Kier molecular flexibility index (Phi) is 6.42. The standard InChI is InChI=1S/C26H25F2N3O3/c27-22-5-2-18(12-20(22)15-31-9-7-29-8-10-31)21-11-17(1-4-23(21)28)14-30-26(32)19-3-6-24-25(13-19)34-16-33-24/h1-6,11-13,29H,7-10,14-16H2,(H,30,32). The van der Waals surface area contributed by atoms with E-state index in [0.29, 0.717) is 40.3 Å². The number of amides is 1. The van der Waals surface area contributed by atoms with Gasteiger partial charge in [-0.05, 0) is 53.6 Å². The van der Waals surface area contributed by atoms with E-state index in [1.54, 1.807) is 42.5 Å². The molecule has 0 radical (unpaired) electrons. The summed E-state index contributed by atoms with van der Waals surface area (Å²) in [6, 6.07) is 14.4. The molecule has 0 aromatic heterocycles. The van der Waals surface area contributed by atoms with Crippen molar-refractivity contribution in [3.05, 3.63) is 82.9 Å². The van der Waals surface area contributed by atoms with Crippen LogP contribution < -0.4 is 20.1 Å². The average Bonchev–Trinajstić information content (AvgIpc) is 3.33. The number of rotatable bonds is 6. The first kappa shape index (κ1) is 22.3. The zero-order chi connectivity index (χ0) is 23.5. The Bertz CT molecular complexity index is 1210. The van der Waals surface area contributed by atoms with Crippen LogP contribution in [0.3, 0.4) is 0 Å². The van der Waals surface area contributed by atoms with Crippen molar-refractivity contribution in [2.75, 3.05) is 33.0 Å². The number of hydrogen-bond acceptors (Lipinski definition) is 5. The quantitative estimate of drug-likeness (QED) is 0.582. The summed E-state index contributed by atoms with van der Waals surface area (Å²) in [6.07, 6.45) is 0. The Morgan fingerprint density at radius 2 is 1.74 bits per heavy atom. The van der Waals surface area contributed by atoms with Gasteiger partial charge >= 0.3 is 0 Å². The fraction of sp³-hybridized carbons (Fsp3) is 0.269. The zero-order valence-corrected chi connectivity index (χ0v) is 18.6. The van der Waals surface area contributed by atoms with Crippen LogP contribution in [0.25, 0.3) is 11.1 Å². The topological polar surface area (TPSA) is 62.8 Å². The van der Waals surface area contributed by atoms with Gasteiger partial charge in [0.2, 0.25) is 6.79 Å². The lowest BCUT2D eigenvalue weighted by atomic mass is 9.99. The predicted molar refractivity (Wildman–Crippen MR) is 124 cm³/mol. The average molecular weight is 466 g/mol. The molecule has 2 aliphatic heterocycles. The molecule has 34 heavy (non-hydrogen) atoms. The predicted octanol–water partition coefficient (Wildman–Crippen LogP) is 3.70. The highest BCUT2D eigenvalue weighted by molar-refractivity contribution is 5.94. The molecule has 0 spiro atoms. The van der Waals surface area contributed by atoms with Crippen LogP contribution in [0, 0.1) is 11.6 Å². The van der Waals surface area contributed by atoms with Gasteiger partial charge in [0.15, 0.2) is 11.5 Å². The van der Waals surface area contributed by atoms with Crippen LogP contribution in [0.4, 0.5) is 8.78 Å². The zero-order valence-electron chi connectivity index (χ0n) is 18.6. The largest absolute Gasteiger partial charge is 0.454 e. The molecular weight excluding hydrogens is 440 g/mol. The van der Waals surface area contributed by atoms with Crippen LogP contribution in [-0.2, 0) is 13.1 Å². The normalized spacial score (nSPS) is 15.4. The Balaban J connectivity index is 1.30. The third-order valence-electron chi connectivity index (χ3n) is 6.08. The number of nitrogens with zero attached hydrogens (tertiary/aromatic N) is 1. The van der Waals surface area contributed by atoms with Crippen molar-refractivity contribution in [3.63, 3.8) is 0 Å². The summed E-state index contributed by atoms with van der Waals surface area (Å²) in [5.74, 6) is 0.171. The van der Waals surface area contributed by atoms with Crippen molar-refractivity contribution in [1.29, 1.82) is 0 Å². The lowest BCUT2D eigenvalue weighted by Gasteiger charge is -2.27. The van der Waals surface area contributed by atoms with Crippen molar-refractivity contribution in [2.45, 2.75) is 13.1 Å². The maximum Gasteiger partial charge on any atom is 0.251 e. The highest BCUT2D eigenvalue weighted by Gasteiger charge is 2.17. The van der Waals surface area contributed by atoms with Crippen LogP contribution >= 0.6 is 0 Å². The first-order chi connectivity index (χ1) is 16.6. The molecule has 2 heterocycles. The van der Waals surface area contributed by atoms with E-state index in [9.17, 15) is 13.6 Å². The lowest BCUT2D eigenvalue weighted by molar-refractivity contribution is 0.0950. The number of hydrogen-bond donors (Lipinski definition) is 2. The van der Waals surface area contributed by atoms with E-state index in [2.05, 4.69) is 15.5 Å². The third kappa shape index (κ3) is 4.88. The first-order valence-electron chi connectivity index (χ1n) is 11.2. The van der Waals surface area contributed by atoms with Gasteiger partial charge in [-0.15, -0.1) is 0 Å². The highest BCUT2D eigenvalue weighted by atomic mass is 19.1. The highest BCUT2D eigenvalue weighted by Crippen LogP contribution is 2.32. The number of halogens is 2. The minimum absolute atomic E-state index is 0.138. The monoisotopic (exact) mass is 465 g/mol. The summed E-state index contributed by atoms with van der Waals surface area (Å²) in [7, 11) is 0. The maximum atomic E-state index is 14.7. The smallest absolute Gasteiger partial charge is 0.251 e. The number of carbonyl (C=O) groups is 1. The van der Waals surface area contributed by atoms with Gasteiger partial charge in [-0.25, -0.2) is 8.78 Å². The number of piperazine rings is 1. The van der Waals surface area contributed by atoms with Crippen molar-refractivity contribution >= 4 is 5.91 Å². The Hall–Kier alpha value is -3.49. The minimum atomic E-state index is -0.398. The number of carbonyl (C=O) groups excluding carboxylic acids is 1. The summed E-state index contributed by atoms with van der Waals surface area (Å²) in [6.45, 7) is 4.27. The minimum Gasteiger partial charge on any atom is -0.454 e. The molecule has 1 amide bonds. The molecule has 3 aromatic rings. The molecule has 2 aliphatic rings. The molecule has 0 saturated carbocycles. The van der Waals surface area contributed by atoms with Gasteiger partial charge in [-0.1, -0.05) is 12.1 Å². The van der Waals surface area contributed by atoms with Crippen LogP contribution in [0.1, 0.15) is 21.5 Å². The van der Waals surface area contributed by atoms with Crippen LogP contribution in [0.15, 0.2) is 54.6 Å². The van der Waals surface area contributed by atoms with E-state index in [4.69, 9.17) is 9.47 Å². The van der Waals surface area contributed by atoms with Gasteiger partial charge in [0.05, 0.1) is 0 Å². The summed E-state index contributed by atoms with van der Waals surface area (Å²) < 4.78 is 39.8. The summed E-state index contributed by atoms with van der Waals surface area (Å²) >= 11 is 0. The second-order valence-corrected chi connectivity index (χ2v) is 8.40. The fourth-order valence-electron chi connectivity index (χ4n) is 4.20. The molecule has 1 fully saturated rings. The van der Waals surface area contributed by atoms with Gasteiger partial charge in [0.1, 0.15) is 11.6 Å². The van der Waals surface area contributed by atoms with E-state index < -0.39 is 5.82 Å². The van der Waals surface area contributed by atoms with Crippen molar-refractivity contribution in [3.8, 4) is 22.6 Å². The lowest BCUT2D eigenvalue weighted by Crippen LogP contribution is -2.43. The molecule has 0 atom stereocenters. The van der Waals surface area contributed by atoms with Gasteiger partial charge in [-0.3, -0.25) is 9.69 Å².